The van der Waals surface area contributed by atoms with Gasteiger partial charge in [0.15, 0.2) is 0 Å². The molecule has 0 spiro atoms. The maximum Gasteiger partial charge on any atom is 0.306 e. The van der Waals surface area contributed by atoms with Gasteiger partial charge in [-0.3, -0.25) is 9.59 Å². The summed E-state index contributed by atoms with van der Waals surface area (Å²) in [6.07, 6.45) is 2.99. The van der Waals surface area contributed by atoms with Crippen molar-refractivity contribution in [3.63, 3.8) is 0 Å². The lowest BCUT2D eigenvalue weighted by Gasteiger charge is -2.12. The molecule has 1 aromatic carbocycles. The van der Waals surface area contributed by atoms with E-state index >= 15 is 0 Å². The Morgan fingerprint density at radius 3 is 2.80 bits per heavy atom. The van der Waals surface area contributed by atoms with E-state index in [1.165, 1.54) is 0 Å². The van der Waals surface area contributed by atoms with Crippen LogP contribution in [0.5, 0.6) is 0 Å². The molecular formula is C15H20N2O3. The number of amides is 1. The molecule has 4 N–H and O–H groups in total. The number of rotatable bonds is 5. The van der Waals surface area contributed by atoms with Crippen LogP contribution in [0.15, 0.2) is 24.3 Å². The van der Waals surface area contributed by atoms with E-state index in [9.17, 15) is 9.59 Å². The van der Waals surface area contributed by atoms with E-state index in [-0.39, 0.29) is 17.9 Å². The molecule has 108 valence electrons. The molecule has 20 heavy (non-hydrogen) atoms. The summed E-state index contributed by atoms with van der Waals surface area (Å²) in [5, 5.41) is 11.8. The smallest absolute Gasteiger partial charge is 0.306 e. The molecule has 1 aliphatic carbocycles. The van der Waals surface area contributed by atoms with Gasteiger partial charge in [0.1, 0.15) is 0 Å². The second kappa shape index (κ2) is 6.41. The number of aryl methyl sites for hydroxylation is 1. The van der Waals surface area contributed by atoms with Crippen molar-refractivity contribution in [3.8, 4) is 0 Å². The predicted octanol–water partition coefficient (Wildman–Crippen LogP) is 1.57. The number of hydrogen-bond donors (Lipinski definition) is 3. The quantitative estimate of drug-likeness (QED) is 0.712. The molecule has 0 saturated heterocycles. The number of hydrogen-bond acceptors (Lipinski definition) is 3. The Morgan fingerprint density at radius 2 is 2.15 bits per heavy atom. The monoisotopic (exact) mass is 276 g/mol. The van der Waals surface area contributed by atoms with Crippen LogP contribution < -0.4 is 11.1 Å². The van der Waals surface area contributed by atoms with Crippen molar-refractivity contribution in [2.75, 3.05) is 5.73 Å². The van der Waals surface area contributed by atoms with Crippen LogP contribution in [0.3, 0.4) is 0 Å². The summed E-state index contributed by atoms with van der Waals surface area (Å²) in [7, 11) is 0. The van der Waals surface area contributed by atoms with E-state index in [2.05, 4.69) is 5.32 Å². The molecule has 0 heterocycles. The first-order valence-corrected chi connectivity index (χ1v) is 6.91. The van der Waals surface area contributed by atoms with Crippen LogP contribution in [0.2, 0.25) is 0 Å². The molecule has 2 unspecified atom stereocenters. The summed E-state index contributed by atoms with van der Waals surface area (Å²) in [4.78, 5) is 22.7. The van der Waals surface area contributed by atoms with Gasteiger partial charge in [0.05, 0.1) is 5.92 Å². The number of nitrogens with one attached hydrogen (secondary N) is 1. The maximum absolute atomic E-state index is 11.8. The number of nitrogen functional groups attached to an aromatic ring is 1. The van der Waals surface area contributed by atoms with Gasteiger partial charge in [0.2, 0.25) is 5.91 Å². The summed E-state index contributed by atoms with van der Waals surface area (Å²) in [6, 6.07) is 7.50. The molecular weight excluding hydrogens is 256 g/mol. The van der Waals surface area contributed by atoms with E-state index in [0.717, 1.165) is 12.0 Å². The summed E-state index contributed by atoms with van der Waals surface area (Å²) < 4.78 is 0. The Labute approximate surface area is 118 Å². The highest BCUT2D eigenvalue weighted by Crippen LogP contribution is 2.25. The summed E-state index contributed by atoms with van der Waals surface area (Å²) in [5.41, 5.74) is 7.42. The van der Waals surface area contributed by atoms with Crippen LogP contribution in [0.25, 0.3) is 0 Å². The van der Waals surface area contributed by atoms with Crippen LogP contribution in [-0.2, 0) is 16.0 Å². The van der Waals surface area contributed by atoms with Crippen molar-refractivity contribution in [1.29, 1.82) is 0 Å². The standard InChI is InChI=1S/C15H20N2O3/c16-12-3-1-2-10(8-12)4-7-14(18)17-13-6-5-11(9-13)15(19)20/h1-3,8,11,13H,4-7,9,16H2,(H,17,18)(H,19,20). The lowest BCUT2D eigenvalue weighted by Crippen LogP contribution is -2.33. The highest BCUT2D eigenvalue weighted by atomic mass is 16.4. The van der Waals surface area contributed by atoms with Gasteiger partial charge in [-0.05, 0) is 43.4 Å². The SMILES string of the molecule is Nc1cccc(CCC(=O)NC2CCC(C(=O)O)C2)c1. The van der Waals surface area contributed by atoms with Crippen molar-refractivity contribution in [2.45, 2.75) is 38.1 Å². The van der Waals surface area contributed by atoms with Gasteiger partial charge in [-0.2, -0.15) is 0 Å². The van der Waals surface area contributed by atoms with Gasteiger partial charge in [0, 0.05) is 18.2 Å². The van der Waals surface area contributed by atoms with Gasteiger partial charge in [-0.1, -0.05) is 12.1 Å². The Bertz CT molecular complexity index is 502. The average Bonchev–Trinajstić information content (AvgIpc) is 2.85. The third kappa shape index (κ3) is 3.98. The van der Waals surface area contributed by atoms with E-state index in [1.54, 1.807) is 0 Å². The number of aliphatic carboxylic acids is 1. The fraction of sp³-hybridized carbons (Fsp3) is 0.467. The molecule has 1 saturated carbocycles. The first kappa shape index (κ1) is 14.4. The molecule has 2 atom stereocenters. The van der Waals surface area contributed by atoms with Crippen molar-refractivity contribution < 1.29 is 14.7 Å². The molecule has 5 nitrogen and oxygen atoms in total. The Balaban J connectivity index is 1.75. The minimum atomic E-state index is -0.762. The van der Waals surface area contributed by atoms with Crippen molar-refractivity contribution in [3.05, 3.63) is 29.8 Å². The molecule has 1 amide bonds. The van der Waals surface area contributed by atoms with E-state index in [0.29, 0.717) is 31.4 Å². The van der Waals surface area contributed by atoms with Crippen molar-refractivity contribution in [2.24, 2.45) is 5.92 Å². The predicted molar refractivity (Wildman–Crippen MR) is 76.1 cm³/mol. The zero-order valence-electron chi connectivity index (χ0n) is 11.3. The second-order valence-electron chi connectivity index (χ2n) is 5.36. The van der Waals surface area contributed by atoms with Crippen molar-refractivity contribution >= 4 is 17.6 Å². The number of carbonyl (C=O) groups is 2. The van der Waals surface area contributed by atoms with Crippen molar-refractivity contribution in [1.82, 2.24) is 5.32 Å². The molecule has 1 aliphatic rings. The first-order valence-electron chi connectivity index (χ1n) is 6.91. The van der Waals surface area contributed by atoms with Crippen LogP contribution in [-0.4, -0.2) is 23.0 Å². The average molecular weight is 276 g/mol. The zero-order valence-corrected chi connectivity index (χ0v) is 11.3. The zero-order chi connectivity index (χ0) is 14.5. The molecule has 0 bridgehead atoms. The normalized spacial score (nSPS) is 21.6. The number of carboxylic acid groups (broad SMARTS) is 1. The van der Waals surface area contributed by atoms with Gasteiger partial charge < -0.3 is 16.2 Å². The number of carbonyl (C=O) groups excluding carboxylic acids is 1. The minimum Gasteiger partial charge on any atom is -0.481 e. The Hall–Kier alpha value is -2.04. The molecule has 5 heteroatoms. The van der Waals surface area contributed by atoms with E-state index in [4.69, 9.17) is 10.8 Å². The summed E-state index contributed by atoms with van der Waals surface area (Å²) >= 11 is 0. The van der Waals surface area contributed by atoms with E-state index in [1.807, 2.05) is 24.3 Å². The fourth-order valence-electron chi connectivity index (χ4n) is 2.64. The lowest BCUT2D eigenvalue weighted by molar-refractivity contribution is -0.141. The van der Waals surface area contributed by atoms with Gasteiger partial charge >= 0.3 is 5.97 Å². The van der Waals surface area contributed by atoms with Gasteiger partial charge in [-0.25, -0.2) is 0 Å². The van der Waals surface area contributed by atoms with Crippen LogP contribution in [0.1, 0.15) is 31.2 Å². The molecule has 1 fully saturated rings. The van der Waals surface area contributed by atoms with Crippen LogP contribution in [0.4, 0.5) is 5.69 Å². The van der Waals surface area contributed by atoms with Crippen LogP contribution >= 0.6 is 0 Å². The topological polar surface area (TPSA) is 92.4 Å². The first-order chi connectivity index (χ1) is 9.54. The van der Waals surface area contributed by atoms with Crippen LogP contribution in [0, 0.1) is 5.92 Å². The van der Waals surface area contributed by atoms with Gasteiger partial charge in [0.25, 0.3) is 0 Å². The fourth-order valence-corrected chi connectivity index (χ4v) is 2.64. The molecule has 2 rings (SSSR count). The summed E-state index contributed by atoms with van der Waals surface area (Å²) in [5.74, 6) is -1.10. The Kier molecular flexibility index (Phi) is 4.61. The van der Waals surface area contributed by atoms with E-state index < -0.39 is 5.97 Å². The highest BCUT2D eigenvalue weighted by Gasteiger charge is 2.30. The number of nitrogens with two attached hydrogens (primary N) is 1. The number of benzene rings is 1. The molecule has 0 aliphatic heterocycles. The number of carboxylic acids is 1. The molecule has 0 radical (unpaired) electrons. The third-order valence-electron chi connectivity index (χ3n) is 3.74. The maximum atomic E-state index is 11.8. The largest absolute Gasteiger partial charge is 0.481 e. The highest BCUT2D eigenvalue weighted by molar-refractivity contribution is 5.77. The second-order valence-corrected chi connectivity index (χ2v) is 5.36. The summed E-state index contributed by atoms with van der Waals surface area (Å²) in [6.45, 7) is 0. The lowest BCUT2D eigenvalue weighted by atomic mass is 10.1. The third-order valence-corrected chi connectivity index (χ3v) is 3.74. The number of anilines is 1. The van der Waals surface area contributed by atoms with Gasteiger partial charge in [-0.15, -0.1) is 0 Å². The molecule has 0 aromatic heterocycles. The Morgan fingerprint density at radius 1 is 1.35 bits per heavy atom. The molecule has 1 aromatic rings. The minimum absolute atomic E-state index is 0.00411.